The third-order valence-electron chi connectivity index (χ3n) is 3.47. The molecule has 1 aromatic heterocycles. The van der Waals surface area contributed by atoms with Crippen molar-refractivity contribution < 1.29 is 9.53 Å². The summed E-state index contributed by atoms with van der Waals surface area (Å²) in [7, 11) is 3.44. The summed E-state index contributed by atoms with van der Waals surface area (Å²) in [6.45, 7) is 1.60. The average Bonchev–Trinajstić information content (AvgIpc) is 2.53. The number of pyridine rings is 1. The molecule has 0 amide bonds. The minimum Gasteiger partial charge on any atom is -0.497 e. The van der Waals surface area contributed by atoms with E-state index >= 15 is 0 Å². The lowest BCUT2D eigenvalue weighted by atomic mass is 10.0. The van der Waals surface area contributed by atoms with Gasteiger partial charge in [-0.3, -0.25) is 9.78 Å². The number of ketones is 1. The lowest BCUT2D eigenvalue weighted by Crippen LogP contribution is -2.34. The van der Waals surface area contributed by atoms with Gasteiger partial charge in [-0.05, 0) is 44.2 Å². The Morgan fingerprint density at radius 2 is 2.14 bits per heavy atom. The highest BCUT2D eigenvalue weighted by molar-refractivity contribution is 5.81. The Kier molecular flexibility index (Phi) is 5.06. The summed E-state index contributed by atoms with van der Waals surface area (Å²) in [5, 5.41) is 3.02. The zero-order valence-corrected chi connectivity index (χ0v) is 12.6. The maximum atomic E-state index is 11.4. The van der Waals surface area contributed by atoms with Gasteiger partial charge in [0.1, 0.15) is 11.5 Å². The van der Waals surface area contributed by atoms with Crippen LogP contribution < -0.4 is 10.1 Å². The zero-order chi connectivity index (χ0) is 15.2. The van der Waals surface area contributed by atoms with Gasteiger partial charge in [-0.2, -0.15) is 0 Å². The van der Waals surface area contributed by atoms with E-state index < -0.39 is 0 Å². The van der Waals surface area contributed by atoms with Gasteiger partial charge in [0.05, 0.1) is 18.8 Å². The number of rotatable bonds is 6. The SMILES string of the molecule is CN[C@@H](Cc1ccc(-c2cccc(OC)c2)nc1)C(C)=O. The van der Waals surface area contributed by atoms with Gasteiger partial charge in [0, 0.05) is 11.8 Å². The second-order valence-corrected chi connectivity index (χ2v) is 4.94. The lowest BCUT2D eigenvalue weighted by Gasteiger charge is -2.12. The number of nitrogens with one attached hydrogen (secondary N) is 1. The second kappa shape index (κ2) is 6.99. The van der Waals surface area contributed by atoms with Crippen molar-refractivity contribution in [2.24, 2.45) is 0 Å². The molecule has 1 aromatic carbocycles. The van der Waals surface area contributed by atoms with Crippen molar-refractivity contribution in [2.75, 3.05) is 14.2 Å². The van der Waals surface area contributed by atoms with Crippen LogP contribution in [0.25, 0.3) is 11.3 Å². The fourth-order valence-corrected chi connectivity index (χ4v) is 2.18. The molecule has 2 rings (SSSR count). The lowest BCUT2D eigenvalue weighted by molar-refractivity contribution is -0.118. The smallest absolute Gasteiger partial charge is 0.147 e. The van der Waals surface area contributed by atoms with Crippen LogP contribution in [0.5, 0.6) is 5.75 Å². The van der Waals surface area contributed by atoms with E-state index in [1.54, 1.807) is 21.1 Å². The molecular formula is C17H20N2O2. The van der Waals surface area contributed by atoms with Crippen LogP contribution in [0.3, 0.4) is 0 Å². The van der Waals surface area contributed by atoms with Gasteiger partial charge >= 0.3 is 0 Å². The van der Waals surface area contributed by atoms with Gasteiger partial charge in [-0.15, -0.1) is 0 Å². The Balaban J connectivity index is 2.16. The van der Waals surface area contributed by atoms with Gasteiger partial charge < -0.3 is 10.1 Å². The van der Waals surface area contributed by atoms with Crippen molar-refractivity contribution in [3.63, 3.8) is 0 Å². The molecule has 0 saturated carbocycles. The van der Waals surface area contributed by atoms with Crippen LogP contribution in [-0.2, 0) is 11.2 Å². The van der Waals surface area contributed by atoms with E-state index in [-0.39, 0.29) is 11.8 Å². The van der Waals surface area contributed by atoms with Crippen LogP contribution in [0.4, 0.5) is 0 Å². The largest absolute Gasteiger partial charge is 0.497 e. The number of carbonyl (C=O) groups excluding carboxylic acids is 1. The molecule has 2 aromatic rings. The number of nitrogens with zero attached hydrogens (tertiary/aromatic N) is 1. The first-order valence-electron chi connectivity index (χ1n) is 6.91. The highest BCUT2D eigenvalue weighted by Crippen LogP contribution is 2.22. The molecule has 21 heavy (non-hydrogen) atoms. The molecule has 1 N–H and O–H groups in total. The first kappa shape index (κ1) is 15.2. The third-order valence-corrected chi connectivity index (χ3v) is 3.47. The van der Waals surface area contributed by atoms with E-state index in [1.165, 1.54) is 0 Å². The molecule has 0 spiro atoms. The summed E-state index contributed by atoms with van der Waals surface area (Å²) >= 11 is 0. The van der Waals surface area contributed by atoms with Gasteiger partial charge in [-0.1, -0.05) is 18.2 Å². The summed E-state index contributed by atoms with van der Waals surface area (Å²) < 4.78 is 5.22. The van der Waals surface area contributed by atoms with Crippen LogP contribution >= 0.6 is 0 Å². The second-order valence-electron chi connectivity index (χ2n) is 4.94. The molecule has 0 unspecified atom stereocenters. The molecule has 0 bridgehead atoms. The number of methoxy groups -OCH3 is 1. The molecule has 110 valence electrons. The molecule has 0 aliphatic rings. The van der Waals surface area contributed by atoms with Crippen LogP contribution in [0.2, 0.25) is 0 Å². The van der Waals surface area contributed by atoms with Crippen molar-refractivity contribution in [3.05, 3.63) is 48.2 Å². The van der Waals surface area contributed by atoms with Crippen LogP contribution in [0, 0.1) is 0 Å². The normalized spacial score (nSPS) is 12.0. The van der Waals surface area contributed by atoms with Crippen molar-refractivity contribution in [3.8, 4) is 17.0 Å². The van der Waals surface area contributed by atoms with Gasteiger partial charge in [-0.25, -0.2) is 0 Å². The molecule has 1 heterocycles. The van der Waals surface area contributed by atoms with Crippen molar-refractivity contribution >= 4 is 5.78 Å². The number of ether oxygens (including phenoxy) is 1. The molecular weight excluding hydrogens is 264 g/mol. The zero-order valence-electron chi connectivity index (χ0n) is 12.6. The number of carbonyl (C=O) groups is 1. The number of hydrogen-bond donors (Lipinski definition) is 1. The fourth-order valence-electron chi connectivity index (χ4n) is 2.18. The van der Waals surface area contributed by atoms with Gasteiger partial charge in [0.25, 0.3) is 0 Å². The minimum atomic E-state index is -0.158. The molecule has 0 saturated heterocycles. The van der Waals surface area contributed by atoms with E-state index in [0.717, 1.165) is 22.6 Å². The topological polar surface area (TPSA) is 51.2 Å². The summed E-state index contributed by atoms with van der Waals surface area (Å²) in [4.78, 5) is 15.9. The Hall–Kier alpha value is -2.20. The summed E-state index contributed by atoms with van der Waals surface area (Å²) in [6, 6.07) is 11.6. The van der Waals surface area contributed by atoms with E-state index in [2.05, 4.69) is 10.3 Å². The van der Waals surface area contributed by atoms with Crippen molar-refractivity contribution in [1.82, 2.24) is 10.3 Å². The van der Waals surface area contributed by atoms with Crippen molar-refractivity contribution in [1.29, 1.82) is 0 Å². The number of benzene rings is 1. The standard InChI is InChI=1S/C17H20N2O2/c1-12(20)17(18-2)9-13-7-8-16(19-11-13)14-5-4-6-15(10-14)21-3/h4-8,10-11,17-18H,9H2,1-3H3/t17-/m0/s1. The summed E-state index contributed by atoms with van der Waals surface area (Å²) in [6.07, 6.45) is 2.47. The third kappa shape index (κ3) is 3.89. The summed E-state index contributed by atoms with van der Waals surface area (Å²) in [5.74, 6) is 0.944. The monoisotopic (exact) mass is 284 g/mol. The highest BCUT2D eigenvalue weighted by Gasteiger charge is 2.12. The first-order valence-corrected chi connectivity index (χ1v) is 6.91. The van der Waals surface area contributed by atoms with Crippen molar-refractivity contribution in [2.45, 2.75) is 19.4 Å². The Bertz CT molecular complexity index is 608. The predicted molar refractivity (Wildman–Crippen MR) is 83.5 cm³/mol. The van der Waals surface area contributed by atoms with Crippen LogP contribution in [0.1, 0.15) is 12.5 Å². The number of hydrogen-bond acceptors (Lipinski definition) is 4. The molecule has 0 aliphatic heterocycles. The van der Waals surface area contributed by atoms with Crippen LogP contribution in [0.15, 0.2) is 42.6 Å². The van der Waals surface area contributed by atoms with E-state index in [4.69, 9.17) is 4.74 Å². The van der Waals surface area contributed by atoms with E-state index in [1.807, 2.05) is 42.6 Å². The molecule has 4 nitrogen and oxygen atoms in total. The first-order chi connectivity index (χ1) is 10.1. The van der Waals surface area contributed by atoms with Crippen LogP contribution in [-0.4, -0.2) is 31.0 Å². The predicted octanol–water partition coefficient (Wildman–Crippen LogP) is 2.48. The number of Topliss-reactive ketones (excluding diaryl/α,β-unsaturated/α-hetero) is 1. The molecule has 0 radical (unpaired) electrons. The molecule has 0 fully saturated rings. The maximum absolute atomic E-state index is 11.4. The Morgan fingerprint density at radius 1 is 1.33 bits per heavy atom. The Labute approximate surface area is 125 Å². The fraction of sp³-hybridized carbons (Fsp3) is 0.294. The number of aromatic nitrogens is 1. The van der Waals surface area contributed by atoms with E-state index in [9.17, 15) is 4.79 Å². The van der Waals surface area contributed by atoms with Gasteiger partial charge in [0.2, 0.25) is 0 Å². The van der Waals surface area contributed by atoms with Gasteiger partial charge in [0.15, 0.2) is 0 Å². The summed E-state index contributed by atoms with van der Waals surface area (Å²) in [5.41, 5.74) is 2.94. The maximum Gasteiger partial charge on any atom is 0.147 e. The Morgan fingerprint density at radius 3 is 2.71 bits per heavy atom. The minimum absolute atomic E-state index is 0.134. The molecule has 1 atom stereocenters. The number of likely N-dealkylation sites (N-methyl/N-ethyl adjacent to an activating group) is 1. The highest BCUT2D eigenvalue weighted by atomic mass is 16.5. The quantitative estimate of drug-likeness (QED) is 0.885. The molecule has 0 aliphatic carbocycles. The average molecular weight is 284 g/mol. The van der Waals surface area contributed by atoms with E-state index in [0.29, 0.717) is 6.42 Å². The molecule has 4 heteroatoms.